The van der Waals surface area contributed by atoms with Crippen LogP contribution < -0.4 is 10.6 Å². The summed E-state index contributed by atoms with van der Waals surface area (Å²) in [6.07, 6.45) is 3.80. The first-order chi connectivity index (χ1) is 15.2. The fraction of sp³-hybridized carbons (Fsp3) is 0.560. The van der Waals surface area contributed by atoms with Gasteiger partial charge in [0.05, 0.1) is 18.2 Å². The van der Waals surface area contributed by atoms with Gasteiger partial charge in [-0.05, 0) is 55.6 Å². The maximum Gasteiger partial charge on any atom is 0.338 e. The molecule has 2 unspecified atom stereocenters. The van der Waals surface area contributed by atoms with Crippen LogP contribution in [0.25, 0.3) is 0 Å². The standard InChI is InChI=1S/C25H37N3O3S/c1-7-9-11-18(8-2)23(29)26-20-13-10-12-19(14-20)22-21(24(30)31-15-16(3)4)17(5)28(6)25(32)27-22/h10,12-14,16,18,22H,7-9,11,15H2,1-6H3,(H,26,29)(H,27,32). The van der Waals surface area contributed by atoms with Crippen molar-refractivity contribution >= 4 is 34.9 Å². The molecule has 1 heterocycles. The third-order valence-electron chi connectivity index (χ3n) is 5.78. The lowest BCUT2D eigenvalue weighted by Gasteiger charge is -2.35. The van der Waals surface area contributed by atoms with Gasteiger partial charge in [-0.15, -0.1) is 0 Å². The van der Waals surface area contributed by atoms with Gasteiger partial charge >= 0.3 is 5.97 Å². The number of nitrogens with one attached hydrogen (secondary N) is 2. The average Bonchev–Trinajstić information content (AvgIpc) is 2.76. The first-order valence-corrected chi connectivity index (χ1v) is 11.9. The Morgan fingerprint density at radius 2 is 2.00 bits per heavy atom. The Morgan fingerprint density at radius 1 is 1.28 bits per heavy atom. The minimum atomic E-state index is -0.447. The van der Waals surface area contributed by atoms with Crippen LogP contribution >= 0.6 is 12.2 Å². The van der Waals surface area contributed by atoms with Gasteiger partial charge in [0, 0.05) is 24.4 Å². The molecule has 32 heavy (non-hydrogen) atoms. The lowest BCUT2D eigenvalue weighted by Crippen LogP contribution is -2.46. The zero-order valence-corrected chi connectivity index (χ0v) is 21.0. The Balaban J connectivity index is 2.31. The highest BCUT2D eigenvalue weighted by Gasteiger charge is 2.33. The predicted octanol–water partition coefficient (Wildman–Crippen LogP) is 5.18. The van der Waals surface area contributed by atoms with Gasteiger partial charge in [-0.3, -0.25) is 4.79 Å². The summed E-state index contributed by atoms with van der Waals surface area (Å²) >= 11 is 5.48. The fourth-order valence-corrected chi connectivity index (χ4v) is 3.94. The van der Waals surface area contributed by atoms with E-state index in [1.165, 1.54) is 0 Å². The van der Waals surface area contributed by atoms with Crippen molar-refractivity contribution in [1.82, 2.24) is 10.2 Å². The van der Waals surface area contributed by atoms with Gasteiger partial charge in [-0.25, -0.2) is 4.79 Å². The molecule has 0 saturated heterocycles. The molecular weight excluding hydrogens is 422 g/mol. The number of esters is 1. The molecule has 176 valence electrons. The lowest BCUT2D eigenvalue weighted by atomic mass is 9.94. The third kappa shape index (κ3) is 6.55. The topological polar surface area (TPSA) is 70.7 Å². The molecule has 0 radical (unpaired) electrons. The van der Waals surface area contributed by atoms with E-state index in [1.807, 2.05) is 59.0 Å². The first-order valence-electron chi connectivity index (χ1n) is 11.5. The highest BCUT2D eigenvalue weighted by Crippen LogP contribution is 2.32. The Bertz CT molecular complexity index is 866. The SMILES string of the molecule is CCCCC(CC)C(=O)Nc1cccc(C2NC(=S)N(C)C(C)=C2C(=O)OCC(C)C)c1. The molecule has 1 aliphatic heterocycles. The average molecular weight is 460 g/mol. The van der Waals surface area contributed by atoms with Crippen molar-refractivity contribution in [1.29, 1.82) is 0 Å². The number of hydrogen-bond acceptors (Lipinski definition) is 4. The lowest BCUT2D eigenvalue weighted by molar-refractivity contribution is -0.140. The van der Waals surface area contributed by atoms with Crippen LogP contribution in [0.2, 0.25) is 0 Å². The molecule has 0 spiro atoms. The molecule has 0 aliphatic carbocycles. The van der Waals surface area contributed by atoms with E-state index in [9.17, 15) is 9.59 Å². The molecule has 1 aromatic carbocycles. The van der Waals surface area contributed by atoms with Crippen molar-refractivity contribution in [3.8, 4) is 0 Å². The number of allylic oxidation sites excluding steroid dienone is 1. The van der Waals surface area contributed by atoms with Crippen LogP contribution in [0.3, 0.4) is 0 Å². The van der Waals surface area contributed by atoms with Crippen molar-refractivity contribution in [3.63, 3.8) is 0 Å². The summed E-state index contributed by atoms with van der Waals surface area (Å²) in [4.78, 5) is 27.5. The van der Waals surface area contributed by atoms with E-state index in [0.29, 0.717) is 23.0 Å². The summed E-state index contributed by atoms with van der Waals surface area (Å²) in [5.41, 5.74) is 2.84. The summed E-state index contributed by atoms with van der Waals surface area (Å²) in [6, 6.07) is 7.14. The van der Waals surface area contributed by atoms with E-state index in [1.54, 1.807) is 4.90 Å². The highest BCUT2D eigenvalue weighted by atomic mass is 32.1. The van der Waals surface area contributed by atoms with E-state index in [4.69, 9.17) is 17.0 Å². The van der Waals surface area contributed by atoms with Crippen molar-refractivity contribution in [2.75, 3.05) is 19.0 Å². The third-order valence-corrected chi connectivity index (χ3v) is 6.17. The van der Waals surface area contributed by atoms with Gasteiger partial charge in [-0.1, -0.05) is 52.7 Å². The maximum atomic E-state index is 13.0. The Hall–Kier alpha value is -2.41. The van der Waals surface area contributed by atoms with Crippen molar-refractivity contribution < 1.29 is 14.3 Å². The summed E-state index contributed by atoms with van der Waals surface area (Å²) in [5.74, 6) is -0.0841. The van der Waals surface area contributed by atoms with Gasteiger partial charge in [0.1, 0.15) is 0 Å². The number of benzene rings is 1. The van der Waals surface area contributed by atoms with Crippen LogP contribution in [-0.2, 0) is 14.3 Å². The molecule has 1 aliphatic rings. The Morgan fingerprint density at radius 3 is 2.62 bits per heavy atom. The number of hydrogen-bond donors (Lipinski definition) is 2. The summed E-state index contributed by atoms with van der Waals surface area (Å²) in [6.45, 7) is 10.4. The molecule has 0 saturated carbocycles. The molecule has 1 amide bonds. The summed E-state index contributed by atoms with van der Waals surface area (Å²) < 4.78 is 5.55. The second kappa shape index (κ2) is 12.0. The minimum Gasteiger partial charge on any atom is -0.462 e. The Kier molecular flexibility index (Phi) is 9.69. The molecular formula is C25H37N3O3S. The zero-order chi connectivity index (χ0) is 23.8. The van der Waals surface area contributed by atoms with E-state index >= 15 is 0 Å². The molecule has 0 fully saturated rings. The highest BCUT2D eigenvalue weighted by molar-refractivity contribution is 7.80. The smallest absolute Gasteiger partial charge is 0.338 e. The van der Waals surface area contributed by atoms with Crippen molar-refractivity contribution in [2.45, 2.75) is 66.3 Å². The van der Waals surface area contributed by atoms with Gasteiger partial charge in [0.15, 0.2) is 5.11 Å². The molecule has 7 heteroatoms. The first kappa shape index (κ1) is 25.8. The molecule has 6 nitrogen and oxygen atoms in total. The van der Waals surface area contributed by atoms with Gasteiger partial charge in [0.2, 0.25) is 5.91 Å². The molecule has 2 N–H and O–H groups in total. The van der Waals surface area contributed by atoms with Crippen LogP contribution in [0.4, 0.5) is 5.69 Å². The summed E-state index contributed by atoms with van der Waals surface area (Å²) in [5, 5.41) is 6.85. The number of anilines is 1. The molecule has 1 aromatic rings. The van der Waals surface area contributed by atoms with Crippen LogP contribution in [0.15, 0.2) is 35.5 Å². The van der Waals surface area contributed by atoms with Crippen molar-refractivity contribution in [3.05, 3.63) is 41.1 Å². The van der Waals surface area contributed by atoms with Crippen LogP contribution in [0.5, 0.6) is 0 Å². The molecule has 2 atom stereocenters. The van der Waals surface area contributed by atoms with E-state index in [-0.39, 0.29) is 23.7 Å². The Labute approximate surface area is 197 Å². The summed E-state index contributed by atoms with van der Waals surface area (Å²) in [7, 11) is 1.83. The van der Waals surface area contributed by atoms with Gasteiger partial charge < -0.3 is 20.3 Å². The second-order valence-corrected chi connectivity index (χ2v) is 9.18. The fourth-order valence-electron chi connectivity index (χ4n) is 3.68. The zero-order valence-electron chi connectivity index (χ0n) is 20.2. The number of carbonyl (C=O) groups is 2. The molecule has 0 aromatic heterocycles. The molecule has 2 rings (SSSR count). The van der Waals surface area contributed by atoms with E-state index < -0.39 is 6.04 Å². The quantitative estimate of drug-likeness (QED) is 0.371. The number of amides is 1. The van der Waals surface area contributed by atoms with Crippen LogP contribution in [-0.4, -0.2) is 35.5 Å². The predicted molar refractivity (Wildman–Crippen MR) is 133 cm³/mol. The van der Waals surface area contributed by atoms with Crippen molar-refractivity contribution in [2.24, 2.45) is 11.8 Å². The monoisotopic (exact) mass is 459 g/mol. The largest absolute Gasteiger partial charge is 0.462 e. The second-order valence-electron chi connectivity index (χ2n) is 8.80. The van der Waals surface area contributed by atoms with Crippen LogP contribution in [0, 0.1) is 11.8 Å². The molecule has 0 bridgehead atoms. The maximum absolute atomic E-state index is 13.0. The van der Waals surface area contributed by atoms with Gasteiger partial charge in [0.25, 0.3) is 0 Å². The minimum absolute atomic E-state index is 0.00338. The normalized spacial score (nSPS) is 17.3. The number of unbranched alkanes of at least 4 members (excludes halogenated alkanes) is 1. The van der Waals surface area contributed by atoms with Gasteiger partial charge in [-0.2, -0.15) is 0 Å². The number of thiocarbonyl (C=S) groups is 1. The van der Waals surface area contributed by atoms with E-state index in [2.05, 4.69) is 17.6 Å². The number of rotatable bonds is 10. The van der Waals surface area contributed by atoms with E-state index in [0.717, 1.165) is 36.9 Å². The number of ether oxygens (including phenoxy) is 1. The van der Waals surface area contributed by atoms with Crippen LogP contribution in [0.1, 0.15) is 71.9 Å². The number of nitrogens with zero attached hydrogens (tertiary/aromatic N) is 1. The number of carbonyl (C=O) groups excluding carboxylic acids is 2.